The Balaban J connectivity index is 1.95. The fourth-order valence-electron chi connectivity index (χ4n) is 2.20. The second-order valence-electron chi connectivity index (χ2n) is 5.32. The van der Waals surface area contributed by atoms with E-state index in [0.29, 0.717) is 29.2 Å². The lowest BCUT2D eigenvalue weighted by molar-refractivity contribution is -0.116. The van der Waals surface area contributed by atoms with Crippen LogP contribution in [0.1, 0.15) is 35.0 Å². The number of anilines is 2. The Hall–Kier alpha value is -3.20. The van der Waals surface area contributed by atoms with Gasteiger partial charge >= 0.3 is 0 Å². The van der Waals surface area contributed by atoms with Crippen LogP contribution >= 0.6 is 0 Å². The predicted octanol–water partition coefficient (Wildman–Crippen LogP) is 2.91. The number of benzene rings is 1. The highest BCUT2D eigenvalue weighted by Gasteiger charge is 2.09. The maximum atomic E-state index is 11.9. The van der Waals surface area contributed by atoms with Gasteiger partial charge in [-0.3, -0.25) is 9.59 Å². The van der Waals surface area contributed by atoms with E-state index in [1.54, 1.807) is 24.3 Å². The highest BCUT2D eigenvalue weighted by molar-refractivity contribution is 5.99. The number of hydrogen-bond acceptors (Lipinski definition) is 5. The molecule has 0 saturated heterocycles. The van der Waals surface area contributed by atoms with Crippen molar-refractivity contribution in [1.82, 2.24) is 4.98 Å². The van der Waals surface area contributed by atoms with Crippen LogP contribution in [-0.4, -0.2) is 23.2 Å². The van der Waals surface area contributed by atoms with E-state index in [-0.39, 0.29) is 18.1 Å². The van der Waals surface area contributed by atoms with Crippen molar-refractivity contribution in [2.45, 2.75) is 20.3 Å². The standard InChI is InChI=1S/C18H18N4O2/c1-12-4-3-5-17(21-12)22-18(24)8-9-20-16-10-14(11-19)6-7-15(16)13(2)23/h3-7,10,20H,8-9H2,1-2H3,(H,21,22,24). The van der Waals surface area contributed by atoms with Crippen LogP contribution in [-0.2, 0) is 4.79 Å². The average Bonchev–Trinajstić information content (AvgIpc) is 2.54. The van der Waals surface area contributed by atoms with Crippen LogP contribution in [0.15, 0.2) is 36.4 Å². The zero-order valence-corrected chi connectivity index (χ0v) is 13.6. The van der Waals surface area contributed by atoms with Crippen molar-refractivity contribution >= 4 is 23.2 Å². The number of carbonyl (C=O) groups is 2. The molecule has 0 radical (unpaired) electrons. The second kappa shape index (κ2) is 7.88. The molecule has 24 heavy (non-hydrogen) atoms. The molecule has 2 N–H and O–H groups in total. The normalized spacial score (nSPS) is 9.88. The maximum absolute atomic E-state index is 11.9. The van der Waals surface area contributed by atoms with Gasteiger partial charge in [-0.25, -0.2) is 4.98 Å². The van der Waals surface area contributed by atoms with E-state index in [0.717, 1.165) is 5.69 Å². The SMILES string of the molecule is CC(=O)c1ccc(C#N)cc1NCCC(=O)Nc1cccc(C)n1. The van der Waals surface area contributed by atoms with Gasteiger partial charge in [0, 0.05) is 29.9 Å². The summed E-state index contributed by atoms with van der Waals surface area (Å²) in [5, 5.41) is 14.7. The fourth-order valence-corrected chi connectivity index (χ4v) is 2.20. The van der Waals surface area contributed by atoms with Crippen molar-refractivity contribution in [3.63, 3.8) is 0 Å². The van der Waals surface area contributed by atoms with E-state index in [2.05, 4.69) is 15.6 Å². The van der Waals surface area contributed by atoms with Gasteiger partial charge in [-0.15, -0.1) is 0 Å². The van der Waals surface area contributed by atoms with Crippen LogP contribution in [0.4, 0.5) is 11.5 Å². The first-order valence-corrected chi connectivity index (χ1v) is 7.52. The van der Waals surface area contributed by atoms with Gasteiger partial charge in [-0.05, 0) is 44.2 Å². The van der Waals surface area contributed by atoms with Gasteiger partial charge in [0.1, 0.15) is 5.82 Å². The topological polar surface area (TPSA) is 94.9 Å². The molecule has 0 unspecified atom stereocenters. The summed E-state index contributed by atoms with van der Waals surface area (Å²) in [6.45, 7) is 3.65. The number of amides is 1. The van der Waals surface area contributed by atoms with Crippen LogP contribution in [0.5, 0.6) is 0 Å². The number of aryl methyl sites for hydroxylation is 1. The number of pyridine rings is 1. The number of carbonyl (C=O) groups excluding carboxylic acids is 2. The van der Waals surface area contributed by atoms with Crippen LogP contribution in [0, 0.1) is 18.3 Å². The molecule has 122 valence electrons. The van der Waals surface area contributed by atoms with E-state index in [9.17, 15) is 9.59 Å². The molecule has 0 atom stereocenters. The summed E-state index contributed by atoms with van der Waals surface area (Å²) in [5.41, 5.74) is 2.33. The Bertz CT molecular complexity index is 809. The van der Waals surface area contributed by atoms with Crippen LogP contribution in [0.3, 0.4) is 0 Å². The van der Waals surface area contributed by atoms with Gasteiger partial charge < -0.3 is 10.6 Å². The van der Waals surface area contributed by atoms with Crippen LogP contribution in [0.2, 0.25) is 0 Å². The predicted molar refractivity (Wildman–Crippen MR) is 91.9 cm³/mol. The molecule has 1 aromatic carbocycles. The molecule has 0 saturated carbocycles. The van der Waals surface area contributed by atoms with E-state index in [1.807, 2.05) is 25.1 Å². The number of nitriles is 1. The largest absolute Gasteiger partial charge is 0.384 e. The van der Waals surface area contributed by atoms with Crippen LogP contribution < -0.4 is 10.6 Å². The average molecular weight is 322 g/mol. The molecule has 1 heterocycles. The van der Waals surface area contributed by atoms with E-state index < -0.39 is 0 Å². The molecule has 0 fully saturated rings. The van der Waals surface area contributed by atoms with Gasteiger partial charge in [0.05, 0.1) is 11.6 Å². The van der Waals surface area contributed by atoms with Crippen molar-refractivity contribution in [2.75, 3.05) is 17.2 Å². The number of hydrogen-bond donors (Lipinski definition) is 2. The number of nitrogens with zero attached hydrogens (tertiary/aromatic N) is 2. The third-order valence-electron chi connectivity index (χ3n) is 3.35. The minimum Gasteiger partial charge on any atom is -0.384 e. The minimum atomic E-state index is -0.179. The Morgan fingerprint density at radius 3 is 2.71 bits per heavy atom. The molecule has 1 amide bonds. The maximum Gasteiger partial charge on any atom is 0.227 e. The molecule has 1 aromatic heterocycles. The monoisotopic (exact) mass is 322 g/mol. The lowest BCUT2D eigenvalue weighted by Crippen LogP contribution is -2.17. The van der Waals surface area contributed by atoms with E-state index >= 15 is 0 Å². The number of ketones is 1. The van der Waals surface area contributed by atoms with Crippen molar-refractivity contribution in [3.8, 4) is 6.07 Å². The Morgan fingerprint density at radius 2 is 2.04 bits per heavy atom. The fraction of sp³-hybridized carbons (Fsp3) is 0.222. The van der Waals surface area contributed by atoms with Gasteiger partial charge in [0.25, 0.3) is 0 Å². The first-order chi connectivity index (χ1) is 11.5. The summed E-state index contributed by atoms with van der Waals surface area (Å²) < 4.78 is 0. The molecule has 6 heteroatoms. The molecule has 2 rings (SSSR count). The summed E-state index contributed by atoms with van der Waals surface area (Å²) in [6, 6.07) is 12.2. The Kier molecular flexibility index (Phi) is 5.63. The Morgan fingerprint density at radius 1 is 1.25 bits per heavy atom. The van der Waals surface area contributed by atoms with Gasteiger partial charge in [0.15, 0.2) is 5.78 Å². The second-order valence-corrected chi connectivity index (χ2v) is 5.32. The summed E-state index contributed by atoms with van der Waals surface area (Å²) in [7, 11) is 0. The van der Waals surface area contributed by atoms with Crippen molar-refractivity contribution in [3.05, 3.63) is 53.2 Å². The lowest BCUT2D eigenvalue weighted by atomic mass is 10.1. The lowest BCUT2D eigenvalue weighted by Gasteiger charge is -2.11. The molecule has 0 spiro atoms. The minimum absolute atomic E-state index is 0.101. The zero-order valence-electron chi connectivity index (χ0n) is 13.6. The molecule has 2 aromatic rings. The highest BCUT2D eigenvalue weighted by Crippen LogP contribution is 2.18. The van der Waals surface area contributed by atoms with E-state index in [1.165, 1.54) is 6.92 Å². The van der Waals surface area contributed by atoms with Crippen molar-refractivity contribution < 1.29 is 9.59 Å². The van der Waals surface area contributed by atoms with E-state index in [4.69, 9.17) is 5.26 Å². The summed E-state index contributed by atoms with van der Waals surface area (Å²) >= 11 is 0. The Labute approximate surface area is 140 Å². The molecular weight excluding hydrogens is 304 g/mol. The van der Waals surface area contributed by atoms with Crippen molar-refractivity contribution in [2.24, 2.45) is 0 Å². The number of aromatic nitrogens is 1. The molecular formula is C18H18N4O2. The smallest absolute Gasteiger partial charge is 0.227 e. The van der Waals surface area contributed by atoms with Gasteiger partial charge in [-0.1, -0.05) is 6.07 Å². The molecule has 0 bridgehead atoms. The third-order valence-corrected chi connectivity index (χ3v) is 3.35. The van der Waals surface area contributed by atoms with Gasteiger partial charge in [0.2, 0.25) is 5.91 Å². The summed E-state index contributed by atoms with van der Waals surface area (Å²) in [5.74, 6) is 0.229. The molecule has 0 aliphatic heterocycles. The van der Waals surface area contributed by atoms with Crippen LogP contribution in [0.25, 0.3) is 0 Å². The van der Waals surface area contributed by atoms with Gasteiger partial charge in [-0.2, -0.15) is 5.26 Å². The molecule has 6 nitrogen and oxygen atoms in total. The zero-order chi connectivity index (χ0) is 17.5. The van der Waals surface area contributed by atoms with Crippen molar-refractivity contribution in [1.29, 1.82) is 5.26 Å². The highest BCUT2D eigenvalue weighted by atomic mass is 16.1. The summed E-state index contributed by atoms with van der Waals surface area (Å²) in [4.78, 5) is 27.8. The molecule has 0 aliphatic carbocycles. The summed E-state index contributed by atoms with van der Waals surface area (Å²) in [6.07, 6.45) is 0.212. The third kappa shape index (κ3) is 4.65. The molecule has 0 aliphatic rings. The number of nitrogens with one attached hydrogen (secondary N) is 2. The number of Topliss-reactive ketones (excluding diaryl/α,β-unsaturated/α-hetero) is 1. The number of rotatable bonds is 6. The first kappa shape index (κ1) is 17.2. The first-order valence-electron chi connectivity index (χ1n) is 7.52. The quantitative estimate of drug-likeness (QED) is 0.797.